The number of aromatic nitrogens is 2. The number of hydrogen-bond donors (Lipinski definition) is 3. The number of esters is 1. The molecule has 15 nitrogen and oxygen atoms in total. The van der Waals surface area contributed by atoms with E-state index in [4.69, 9.17) is 9.47 Å². The Morgan fingerprint density at radius 1 is 1.12 bits per heavy atom. The van der Waals surface area contributed by atoms with Gasteiger partial charge in [-0.15, -0.1) is 0 Å². The van der Waals surface area contributed by atoms with E-state index < -0.39 is 53.1 Å². The van der Waals surface area contributed by atoms with Crippen molar-refractivity contribution in [3.63, 3.8) is 0 Å². The van der Waals surface area contributed by atoms with Crippen LogP contribution in [-0.4, -0.2) is 118 Å². The largest absolute Gasteiger partial charge is 0.508 e. The average molecular weight is 908 g/mol. The van der Waals surface area contributed by atoms with E-state index in [0.717, 1.165) is 27.7 Å². The molecule has 7 rings (SSSR count). The highest BCUT2D eigenvalue weighted by Gasteiger charge is 2.40. The van der Waals surface area contributed by atoms with Gasteiger partial charge < -0.3 is 34.3 Å². The van der Waals surface area contributed by atoms with Gasteiger partial charge in [-0.1, -0.05) is 46.4 Å². The van der Waals surface area contributed by atoms with Crippen molar-refractivity contribution in [3.05, 3.63) is 84.0 Å². The molecule has 2 fully saturated rings. The number of carbonyl (C=O) groups excluding carboxylic acids is 5. The number of fused-ring (bicyclic) bond motifs is 6. The highest BCUT2D eigenvalue weighted by atomic mass is 19.1. The third kappa shape index (κ3) is 9.99. The minimum atomic E-state index is -1.19. The molecule has 2 aromatic carbocycles. The number of amides is 4. The molecule has 0 spiro atoms. The van der Waals surface area contributed by atoms with Crippen LogP contribution in [0.5, 0.6) is 5.75 Å². The third-order valence-corrected chi connectivity index (χ3v) is 13.0. The van der Waals surface area contributed by atoms with E-state index in [0.29, 0.717) is 61.2 Å². The molecule has 1 unspecified atom stereocenters. The minimum Gasteiger partial charge on any atom is -0.508 e. The summed E-state index contributed by atoms with van der Waals surface area (Å²) >= 11 is 0. The first-order chi connectivity index (χ1) is 31.4. The number of hydrogen-bond acceptors (Lipinski definition) is 10. The number of hydrazine groups is 1. The van der Waals surface area contributed by atoms with E-state index in [1.807, 2.05) is 58.9 Å². The molecular formula is C50H62FN7O8. The molecule has 4 aromatic rings. The molecule has 0 aliphatic carbocycles. The number of methoxy groups -OCH3 is 1. The number of benzene rings is 2. The molecule has 352 valence electrons. The van der Waals surface area contributed by atoms with Crippen LogP contribution in [0.4, 0.5) is 4.39 Å². The van der Waals surface area contributed by atoms with Crippen molar-refractivity contribution < 1.29 is 42.9 Å². The van der Waals surface area contributed by atoms with E-state index in [1.54, 1.807) is 31.2 Å². The van der Waals surface area contributed by atoms with Gasteiger partial charge in [0.1, 0.15) is 29.7 Å². The fraction of sp³-hybridized carbons (Fsp3) is 0.480. The van der Waals surface area contributed by atoms with Crippen molar-refractivity contribution in [1.29, 1.82) is 0 Å². The number of cyclic esters (lactones) is 1. The number of pyridine rings is 1. The summed E-state index contributed by atoms with van der Waals surface area (Å²) in [5, 5.41) is 16.5. The smallest absolute Gasteiger partial charge is 0.324 e. The summed E-state index contributed by atoms with van der Waals surface area (Å²) in [6, 6.07) is 9.50. The van der Waals surface area contributed by atoms with Crippen LogP contribution >= 0.6 is 0 Å². The molecule has 66 heavy (non-hydrogen) atoms. The summed E-state index contributed by atoms with van der Waals surface area (Å²) in [5.74, 6) is -3.56. The molecule has 4 amide bonds. The number of aryl methyl sites for hydroxylation is 1. The number of rotatable bonds is 10. The van der Waals surface area contributed by atoms with Gasteiger partial charge in [0.2, 0.25) is 17.7 Å². The highest BCUT2D eigenvalue weighted by Crippen LogP contribution is 2.41. The Balaban J connectivity index is 1.31. The number of likely N-dealkylation sites (tertiary alicyclic amines) is 1. The zero-order valence-electron chi connectivity index (χ0n) is 39.0. The van der Waals surface area contributed by atoms with E-state index in [9.17, 15) is 29.1 Å². The molecule has 6 bridgehead atoms. The van der Waals surface area contributed by atoms with Crippen LogP contribution in [0.15, 0.2) is 61.3 Å². The molecule has 3 aliphatic heterocycles. The summed E-state index contributed by atoms with van der Waals surface area (Å²) in [6.45, 7) is 14.8. The summed E-state index contributed by atoms with van der Waals surface area (Å²) in [5.41, 5.74) is 8.13. The second-order valence-electron chi connectivity index (χ2n) is 18.9. The molecule has 0 saturated carbocycles. The van der Waals surface area contributed by atoms with Gasteiger partial charge in [0.05, 0.1) is 36.7 Å². The topological polar surface area (TPSA) is 176 Å². The normalized spacial score (nSPS) is 20.5. The molecule has 3 aliphatic rings. The van der Waals surface area contributed by atoms with Crippen molar-refractivity contribution in [3.8, 4) is 28.1 Å². The van der Waals surface area contributed by atoms with Crippen LogP contribution in [0.3, 0.4) is 0 Å². The number of aromatic hydroxyl groups is 1. The van der Waals surface area contributed by atoms with E-state index in [2.05, 4.69) is 26.9 Å². The quantitative estimate of drug-likeness (QED) is 0.135. The van der Waals surface area contributed by atoms with E-state index in [-0.39, 0.29) is 56.2 Å². The molecule has 0 radical (unpaired) electrons. The Bertz CT molecular complexity index is 2540. The van der Waals surface area contributed by atoms with Crippen LogP contribution in [0.1, 0.15) is 70.7 Å². The van der Waals surface area contributed by atoms with Gasteiger partial charge in [-0.05, 0) is 97.2 Å². The van der Waals surface area contributed by atoms with Crippen molar-refractivity contribution >= 4 is 40.5 Å². The van der Waals surface area contributed by atoms with Crippen molar-refractivity contribution in [2.75, 3.05) is 40.4 Å². The number of nitrogens with one attached hydrogen (secondary N) is 2. The molecule has 2 saturated heterocycles. The molecule has 3 N–H and O–H groups in total. The van der Waals surface area contributed by atoms with Gasteiger partial charge in [0, 0.05) is 68.6 Å². The summed E-state index contributed by atoms with van der Waals surface area (Å²) < 4.78 is 28.8. The maximum atomic E-state index is 15.1. The zero-order valence-corrected chi connectivity index (χ0v) is 39.0. The SMILES string of the molecule is C=CC(=O)N1CC[C@H](C(=O)N(C)C(C(=O)N[C@H]2Cc3cc(O)cc(c3)-c3ccc4c(c3)c(c(-c3cc(F)cnc3COC)n4CC)CC(C)(C)COC(=O)[C@@H]3CCCN(N3)C2=O)C(C)C)C1. The molecule has 4 atom stereocenters. The van der Waals surface area contributed by atoms with Crippen LogP contribution < -0.4 is 10.7 Å². The maximum Gasteiger partial charge on any atom is 0.324 e. The number of halogens is 1. The van der Waals surface area contributed by atoms with Gasteiger partial charge in [0.15, 0.2) is 0 Å². The second-order valence-corrected chi connectivity index (χ2v) is 18.9. The lowest BCUT2D eigenvalue weighted by atomic mass is 9.84. The van der Waals surface area contributed by atoms with Crippen LogP contribution in [0, 0.1) is 23.1 Å². The number of nitrogens with zero attached hydrogens (tertiary/aromatic N) is 5. The Hall–Kier alpha value is -6.13. The predicted octanol–water partition coefficient (Wildman–Crippen LogP) is 5.55. The fourth-order valence-corrected chi connectivity index (χ4v) is 9.84. The zero-order chi connectivity index (χ0) is 47.6. The van der Waals surface area contributed by atoms with Crippen molar-refractivity contribution in [2.24, 2.45) is 17.3 Å². The Labute approximate surface area is 385 Å². The lowest BCUT2D eigenvalue weighted by molar-refractivity contribution is -0.155. The van der Waals surface area contributed by atoms with Crippen molar-refractivity contribution in [1.82, 2.24) is 35.1 Å². The van der Waals surface area contributed by atoms with Crippen LogP contribution in [0.25, 0.3) is 33.3 Å². The second kappa shape index (κ2) is 19.8. The monoisotopic (exact) mass is 907 g/mol. The Morgan fingerprint density at radius 3 is 2.61 bits per heavy atom. The number of phenols is 1. The summed E-state index contributed by atoms with van der Waals surface area (Å²) in [6.07, 6.45) is 4.10. The first kappa shape index (κ1) is 47.8. The average Bonchev–Trinajstić information content (AvgIpc) is 3.90. The van der Waals surface area contributed by atoms with Gasteiger partial charge in [0.25, 0.3) is 5.91 Å². The van der Waals surface area contributed by atoms with E-state index >= 15 is 4.39 Å². The molecule has 5 heterocycles. The predicted molar refractivity (Wildman–Crippen MR) is 247 cm³/mol. The highest BCUT2D eigenvalue weighted by molar-refractivity contribution is 5.96. The Morgan fingerprint density at radius 2 is 1.89 bits per heavy atom. The van der Waals surface area contributed by atoms with Gasteiger partial charge in [-0.25, -0.2) is 9.82 Å². The maximum absolute atomic E-state index is 15.1. The lowest BCUT2D eigenvalue weighted by Gasteiger charge is -2.37. The van der Waals surface area contributed by atoms with E-state index in [1.165, 1.54) is 28.2 Å². The number of ether oxygens (including phenoxy) is 2. The van der Waals surface area contributed by atoms with Gasteiger partial charge >= 0.3 is 5.97 Å². The number of phenolic OH excluding ortho intramolecular Hbond substituents is 1. The summed E-state index contributed by atoms with van der Waals surface area (Å²) in [7, 11) is 3.13. The van der Waals surface area contributed by atoms with Gasteiger partial charge in [-0.2, -0.15) is 0 Å². The minimum absolute atomic E-state index is 0.0309. The number of likely N-dealkylation sites (N-methyl/N-ethyl adjacent to an activating group) is 1. The number of carbonyl (C=O) groups is 5. The third-order valence-electron chi connectivity index (χ3n) is 13.0. The Kier molecular flexibility index (Phi) is 14.3. The fourth-order valence-electron chi connectivity index (χ4n) is 9.84. The molecule has 2 aromatic heterocycles. The first-order valence-corrected chi connectivity index (χ1v) is 22.8. The summed E-state index contributed by atoms with van der Waals surface area (Å²) in [4.78, 5) is 76.7. The van der Waals surface area contributed by atoms with Crippen molar-refractivity contribution in [2.45, 2.75) is 98.0 Å². The lowest BCUT2D eigenvalue weighted by Crippen LogP contribution is -2.62. The molecular weight excluding hydrogens is 846 g/mol. The first-order valence-electron chi connectivity index (χ1n) is 22.8. The van der Waals surface area contributed by atoms with Crippen LogP contribution in [0.2, 0.25) is 0 Å². The molecule has 16 heteroatoms. The van der Waals surface area contributed by atoms with Crippen LogP contribution in [-0.2, 0) is 59.4 Å². The van der Waals surface area contributed by atoms with Gasteiger partial charge in [-0.3, -0.25) is 34.0 Å². The standard InChI is InChI=1S/C50H62FN7O8/c1-9-43(60)56-17-15-32(26-56)47(62)55(7)44(29(3)4)46(61)53-40-20-30-18-33(21-35(59)19-30)31-13-14-42-36(22-31)38(45(57(42)10-2)37-23-34(51)25-52-41(37)27-65-8)24-50(5,6)28-66-49(64)39-12-11-16-58(54-39)48(40)63/h9,13-14,18-19,21-23,25,29,32,39-40,44,54,59H,1,10-12,15-17,20,24,26-28H2,2-8H3,(H,53,61)/t32-,39-,40-,44?/m0/s1.